The lowest BCUT2D eigenvalue weighted by atomic mass is 9.84. The molecule has 18 heavy (non-hydrogen) atoms. The van der Waals surface area contributed by atoms with Gasteiger partial charge < -0.3 is 14.2 Å². The first-order valence-electron chi connectivity index (χ1n) is 5.95. The lowest BCUT2D eigenvalue weighted by molar-refractivity contribution is -0.203. The Morgan fingerprint density at radius 3 is 2.06 bits per heavy atom. The Morgan fingerprint density at radius 1 is 1.06 bits per heavy atom. The summed E-state index contributed by atoms with van der Waals surface area (Å²) in [6.07, 6.45) is 0. The van der Waals surface area contributed by atoms with Gasteiger partial charge in [0.2, 0.25) is 0 Å². The summed E-state index contributed by atoms with van der Waals surface area (Å²) in [6.45, 7) is 7.42. The number of halogens is 1. The lowest BCUT2D eigenvalue weighted by Gasteiger charge is -2.42. The fourth-order valence-electron chi connectivity index (χ4n) is 2.54. The Labute approximate surface area is 117 Å². The second-order valence-electron chi connectivity index (χ2n) is 4.79. The summed E-state index contributed by atoms with van der Waals surface area (Å²) in [5.74, 6) is 0.915. The minimum atomic E-state index is -0.365. The van der Waals surface area contributed by atoms with Crippen LogP contribution in [-0.4, -0.2) is 27.4 Å². The van der Waals surface area contributed by atoms with Gasteiger partial charge in [0.15, 0.2) is 0 Å². The molecule has 100 valence electrons. The molecule has 0 saturated carbocycles. The van der Waals surface area contributed by atoms with Crippen LogP contribution in [0.5, 0.6) is 5.75 Å². The van der Waals surface area contributed by atoms with Gasteiger partial charge in [0.1, 0.15) is 11.4 Å². The molecule has 4 heteroatoms. The first-order valence-corrected chi connectivity index (χ1v) is 6.74. The van der Waals surface area contributed by atoms with Crippen molar-refractivity contribution >= 4 is 15.9 Å². The molecule has 0 amide bonds. The van der Waals surface area contributed by atoms with Crippen molar-refractivity contribution in [2.75, 3.05) is 27.4 Å². The SMILES string of the molecule is COc1c(C)c(C)c(Br)c(C)c1C1(OC)COC1. The molecule has 1 aromatic carbocycles. The van der Waals surface area contributed by atoms with Crippen LogP contribution in [0.15, 0.2) is 4.47 Å². The summed E-state index contributed by atoms with van der Waals surface area (Å²) >= 11 is 3.67. The third kappa shape index (κ3) is 1.78. The van der Waals surface area contributed by atoms with Crippen LogP contribution in [0.3, 0.4) is 0 Å². The van der Waals surface area contributed by atoms with Crippen molar-refractivity contribution in [1.29, 1.82) is 0 Å². The Balaban J connectivity index is 2.73. The molecule has 1 aliphatic rings. The summed E-state index contributed by atoms with van der Waals surface area (Å²) in [6, 6.07) is 0. The summed E-state index contributed by atoms with van der Waals surface area (Å²) in [4.78, 5) is 0. The Morgan fingerprint density at radius 2 is 1.67 bits per heavy atom. The van der Waals surface area contributed by atoms with Crippen LogP contribution < -0.4 is 4.74 Å². The quantitative estimate of drug-likeness (QED) is 0.857. The molecular formula is C14H19BrO3. The Kier molecular flexibility index (Phi) is 3.72. The molecule has 0 aromatic heterocycles. The van der Waals surface area contributed by atoms with Crippen LogP contribution in [0.2, 0.25) is 0 Å². The first-order chi connectivity index (χ1) is 8.48. The highest BCUT2D eigenvalue weighted by Gasteiger charge is 2.45. The van der Waals surface area contributed by atoms with Gasteiger partial charge in [-0.05, 0) is 37.5 Å². The number of ether oxygens (including phenoxy) is 3. The van der Waals surface area contributed by atoms with Crippen molar-refractivity contribution < 1.29 is 14.2 Å². The number of hydrogen-bond donors (Lipinski definition) is 0. The molecule has 2 rings (SSSR count). The fraction of sp³-hybridized carbons (Fsp3) is 0.571. The molecule has 1 heterocycles. The van der Waals surface area contributed by atoms with E-state index in [0.29, 0.717) is 13.2 Å². The second-order valence-corrected chi connectivity index (χ2v) is 5.58. The highest BCUT2D eigenvalue weighted by molar-refractivity contribution is 9.10. The number of hydrogen-bond acceptors (Lipinski definition) is 3. The van der Waals surface area contributed by atoms with Crippen LogP contribution in [0.1, 0.15) is 22.3 Å². The molecule has 0 aliphatic carbocycles. The van der Waals surface area contributed by atoms with Crippen molar-refractivity contribution in [3.8, 4) is 5.75 Å². The molecule has 1 aromatic rings. The van der Waals surface area contributed by atoms with Crippen LogP contribution in [0.25, 0.3) is 0 Å². The van der Waals surface area contributed by atoms with E-state index in [1.165, 1.54) is 11.1 Å². The molecule has 1 fully saturated rings. The molecule has 0 unspecified atom stereocenters. The van der Waals surface area contributed by atoms with Crippen LogP contribution in [-0.2, 0) is 15.1 Å². The topological polar surface area (TPSA) is 27.7 Å². The summed E-state index contributed by atoms with van der Waals surface area (Å²) < 4.78 is 17.8. The average molecular weight is 315 g/mol. The van der Waals surface area contributed by atoms with Crippen molar-refractivity contribution in [3.63, 3.8) is 0 Å². The van der Waals surface area contributed by atoms with Crippen LogP contribution in [0.4, 0.5) is 0 Å². The molecule has 0 atom stereocenters. The predicted molar refractivity (Wildman–Crippen MR) is 74.4 cm³/mol. The van der Waals surface area contributed by atoms with E-state index in [4.69, 9.17) is 14.2 Å². The minimum Gasteiger partial charge on any atom is -0.496 e. The monoisotopic (exact) mass is 314 g/mol. The zero-order valence-corrected chi connectivity index (χ0v) is 13.1. The molecule has 0 bridgehead atoms. The van der Waals surface area contributed by atoms with Gasteiger partial charge >= 0.3 is 0 Å². The normalized spacial score (nSPS) is 17.4. The van der Waals surface area contributed by atoms with Gasteiger partial charge in [-0.3, -0.25) is 0 Å². The average Bonchev–Trinajstić information content (AvgIpc) is 2.32. The van der Waals surface area contributed by atoms with Crippen molar-refractivity contribution in [1.82, 2.24) is 0 Å². The predicted octanol–water partition coefficient (Wildman–Crippen LogP) is 3.25. The van der Waals surface area contributed by atoms with Crippen LogP contribution in [0, 0.1) is 20.8 Å². The van der Waals surface area contributed by atoms with E-state index < -0.39 is 0 Å². The number of benzene rings is 1. The van der Waals surface area contributed by atoms with Gasteiger partial charge in [0.05, 0.1) is 20.3 Å². The smallest absolute Gasteiger partial charge is 0.143 e. The second kappa shape index (κ2) is 4.83. The van der Waals surface area contributed by atoms with E-state index in [2.05, 4.69) is 36.7 Å². The van der Waals surface area contributed by atoms with Gasteiger partial charge in [-0.1, -0.05) is 15.9 Å². The molecule has 1 aliphatic heterocycles. The van der Waals surface area contributed by atoms with E-state index in [-0.39, 0.29) is 5.60 Å². The molecule has 1 saturated heterocycles. The maximum absolute atomic E-state index is 5.71. The van der Waals surface area contributed by atoms with Crippen molar-refractivity contribution in [2.45, 2.75) is 26.4 Å². The number of rotatable bonds is 3. The number of methoxy groups -OCH3 is 2. The zero-order chi connectivity index (χ0) is 13.5. The van der Waals surface area contributed by atoms with Gasteiger partial charge in [-0.25, -0.2) is 0 Å². The third-order valence-corrected chi connectivity index (χ3v) is 5.07. The van der Waals surface area contributed by atoms with E-state index >= 15 is 0 Å². The van der Waals surface area contributed by atoms with Gasteiger partial charge in [0.25, 0.3) is 0 Å². The van der Waals surface area contributed by atoms with Crippen LogP contribution >= 0.6 is 15.9 Å². The van der Waals surface area contributed by atoms with E-state index in [1.807, 2.05) is 0 Å². The summed E-state index contributed by atoms with van der Waals surface area (Å²) in [7, 11) is 3.44. The summed E-state index contributed by atoms with van der Waals surface area (Å²) in [5, 5.41) is 0. The Hall–Kier alpha value is -0.580. The molecule has 0 N–H and O–H groups in total. The Bertz CT molecular complexity index is 473. The van der Waals surface area contributed by atoms with Gasteiger partial charge in [-0.2, -0.15) is 0 Å². The van der Waals surface area contributed by atoms with Crippen molar-refractivity contribution in [2.24, 2.45) is 0 Å². The molecular weight excluding hydrogens is 296 g/mol. The maximum atomic E-state index is 5.71. The zero-order valence-electron chi connectivity index (χ0n) is 11.5. The van der Waals surface area contributed by atoms with E-state index in [1.54, 1.807) is 14.2 Å². The highest BCUT2D eigenvalue weighted by Crippen LogP contribution is 2.45. The van der Waals surface area contributed by atoms with Gasteiger partial charge in [-0.15, -0.1) is 0 Å². The first kappa shape index (κ1) is 13.8. The minimum absolute atomic E-state index is 0.365. The third-order valence-electron chi connectivity index (χ3n) is 3.88. The molecule has 0 spiro atoms. The lowest BCUT2D eigenvalue weighted by Crippen LogP contribution is -2.49. The summed E-state index contributed by atoms with van der Waals surface area (Å²) in [5.41, 5.74) is 4.26. The molecule has 3 nitrogen and oxygen atoms in total. The standard InChI is InChI=1S/C14H19BrO3/c1-8-9(2)13(16-4)11(10(3)12(8)15)14(17-5)6-18-7-14/h6-7H2,1-5H3. The van der Waals surface area contributed by atoms with E-state index in [0.717, 1.165) is 21.3 Å². The maximum Gasteiger partial charge on any atom is 0.143 e. The van der Waals surface area contributed by atoms with E-state index in [9.17, 15) is 0 Å². The highest BCUT2D eigenvalue weighted by atomic mass is 79.9. The van der Waals surface area contributed by atoms with Crippen molar-refractivity contribution in [3.05, 3.63) is 26.7 Å². The largest absolute Gasteiger partial charge is 0.496 e. The van der Waals surface area contributed by atoms with Gasteiger partial charge in [0, 0.05) is 17.1 Å². The fourth-order valence-corrected chi connectivity index (χ4v) is 3.03. The molecule has 0 radical (unpaired) electrons.